The molecule has 1 fully saturated rings. The van der Waals surface area contributed by atoms with E-state index in [1.807, 2.05) is 12.1 Å². The third kappa shape index (κ3) is 1.72. The van der Waals surface area contributed by atoms with E-state index in [4.69, 9.17) is 4.74 Å². The summed E-state index contributed by atoms with van der Waals surface area (Å²) in [7, 11) is 1.68. The number of ketones is 1. The van der Waals surface area contributed by atoms with Crippen molar-refractivity contribution in [1.29, 1.82) is 0 Å². The summed E-state index contributed by atoms with van der Waals surface area (Å²) in [5.41, 5.74) is 3.62. The van der Waals surface area contributed by atoms with Gasteiger partial charge in [0.15, 0.2) is 5.78 Å². The monoisotopic (exact) mass is 304 g/mol. The second-order valence-corrected chi connectivity index (χ2v) is 7.38. The van der Waals surface area contributed by atoms with Crippen LogP contribution >= 0.6 is 0 Å². The molecule has 2 unspecified atom stereocenters. The lowest BCUT2D eigenvalue weighted by Crippen LogP contribution is -2.39. The summed E-state index contributed by atoms with van der Waals surface area (Å²) < 4.78 is 5.33. The molecular formula is C21H20O2. The molecule has 3 aliphatic carbocycles. The van der Waals surface area contributed by atoms with Gasteiger partial charge in [0.1, 0.15) is 5.75 Å². The average Bonchev–Trinajstić information content (AvgIpc) is 3.18. The number of benzene rings is 2. The molecule has 2 atom stereocenters. The summed E-state index contributed by atoms with van der Waals surface area (Å²) in [6, 6.07) is 10.4. The Morgan fingerprint density at radius 2 is 2.09 bits per heavy atom. The molecule has 2 heteroatoms. The molecule has 0 amide bonds. The summed E-state index contributed by atoms with van der Waals surface area (Å²) in [4.78, 5) is 13.4. The van der Waals surface area contributed by atoms with Crippen molar-refractivity contribution in [2.24, 2.45) is 11.3 Å². The number of rotatable bonds is 1. The van der Waals surface area contributed by atoms with Crippen LogP contribution in [0.5, 0.6) is 5.75 Å². The minimum absolute atomic E-state index is 0.0936. The van der Waals surface area contributed by atoms with Gasteiger partial charge in [0.25, 0.3) is 0 Å². The van der Waals surface area contributed by atoms with Gasteiger partial charge in [-0.05, 0) is 72.6 Å². The minimum atomic E-state index is -0.0936. The first-order valence-electron chi connectivity index (χ1n) is 8.53. The van der Waals surface area contributed by atoms with Gasteiger partial charge in [0.2, 0.25) is 0 Å². The highest BCUT2D eigenvalue weighted by Gasteiger charge is 2.53. The number of hydrogen-bond acceptors (Lipinski definition) is 2. The van der Waals surface area contributed by atoms with Crippen molar-refractivity contribution in [1.82, 2.24) is 0 Å². The Labute approximate surface area is 136 Å². The summed E-state index contributed by atoms with van der Waals surface area (Å²) >= 11 is 0. The number of Topliss-reactive ketones (excluding diaryl/α,β-unsaturated/α-hetero) is 1. The lowest BCUT2D eigenvalue weighted by Gasteiger charge is -2.38. The van der Waals surface area contributed by atoms with Crippen LogP contribution in [0.2, 0.25) is 0 Å². The number of carbonyl (C=O) groups is 1. The fraction of sp³-hybridized carbons (Fsp3) is 0.381. The molecule has 0 aliphatic heterocycles. The minimum Gasteiger partial charge on any atom is -0.497 e. The Morgan fingerprint density at radius 1 is 1.17 bits per heavy atom. The van der Waals surface area contributed by atoms with Crippen LogP contribution in [0.15, 0.2) is 42.0 Å². The van der Waals surface area contributed by atoms with Crippen LogP contribution in [-0.2, 0) is 6.42 Å². The Bertz CT molecular complexity index is 877. The first kappa shape index (κ1) is 13.4. The molecule has 116 valence electrons. The van der Waals surface area contributed by atoms with E-state index in [-0.39, 0.29) is 5.41 Å². The molecule has 0 aromatic heterocycles. The SMILES string of the molecule is COc1ccc2cc3c(cc2c1)C(=O)C1(CC3)CC2=CCC1C2. The number of hydrogen-bond donors (Lipinski definition) is 0. The molecule has 2 aromatic rings. The first-order chi connectivity index (χ1) is 11.2. The average molecular weight is 304 g/mol. The van der Waals surface area contributed by atoms with Crippen molar-refractivity contribution >= 4 is 16.6 Å². The van der Waals surface area contributed by atoms with Gasteiger partial charge >= 0.3 is 0 Å². The zero-order chi connectivity index (χ0) is 15.6. The van der Waals surface area contributed by atoms with Crippen molar-refractivity contribution < 1.29 is 9.53 Å². The highest BCUT2D eigenvalue weighted by atomic mass is 16.5. The smallest absolute Gasteiger partial charge is 0.169 e. The summed E-state index contributed by atoms with van der Waals surface area (Å²) in [5, 5.41) is 2.31. The molecular weight excluding hydrogens is 284 g/mol. The molecule has 23 heavy (non-hydrogen) atoms. The van der Waals surface area contributed by atoms with Gasteiger partial charge in [0, 0.05) is 11.0 Å². The van der Waals surface area contributed by atoms with Crippen LogP contribution < -0.4 is 4.74 Å². The van der Waals surface area contributed by atoms with Crippen LogP contribution in [0.3, 0.4) is 0 Å². The molecule has 2 bridgehead atoms. The largest absolute Gasteiger partial charge is 0.497 e. The van der Waals surface area contributed by atoms with Crippen molar-refractivity contribution in [3.63, 3.8) is 0 Å². The molecule has 0 saturated heterocycles. The zero-order valence-electron chi connectivity index (χ0n) is 13.4. The van der Waals surface area contributed by atoms with E-state index in [1.54, 1.807) is 7.11 Å². The second-order valence-electron chi connectivity index (χ2n) is 7.38. The highest BCUT2D eigenvalue weighted by Crippen LogP contribution is 2.58. The maximum atomic E-state index is 13.4. The van der Waals surface area contributed by atoms with Gasteiger partial charge in [-0.3, -0.25) is 4.79 Å². The van der Waals surface area contributed by atoms with Gasteiger partial charge in [0.05, 0.1) is 7.11 Å². The molecule has 2 nitrogen and oxygen atoms in total. The van der Waals surface area contributed by atoms with Crippen LogP contribution in [-0.4, -0.2) is 12.9 Å². The predicted molar refractivity (Wildman–Crippen MR) is 91.0 cm³/mol. The van der Waals surface area contributed by atoms with E-state index in [0.717, 1.165) is 48.8 Å². The summed E-state index contributed by atoms with van der Waals surface area (Å²) in [5.74, 6) is 1.80. The Kier molecular flexibility index (Phi) is 2.60. The number of allylic oxidation sites excluding steroid dienone is 2. The summed E-state index contributed by atoms with van der Waals surface area (Å²) in [6.45, 7) is 0. The molecule has 0 N–H and O–H groups in total. The normalized spacial score (nSPS) is 28.3. The molecule has 2 aromatic carbocycles. The van der Waals surface area contributed by atoms with E-state index < -0.39 is 0 Å². The maximum Gasteiger partial charge on any atom is 0.169 e. The maximum absolute atomic E-state index is 13.4. The van der Waals surface area contributed by atoms with E-state index in [9.17, 15) is 4.79 Å². The zero-order valence-corrected chi connectivity index (χ0v) is 13.4. The highest BCUT2D eigenvalue weighted by molar-refractivity contribution is 6.06. The lowest BCUT2D eigenvalue weighted by molar-refractivity contribution is 0.0671. The van der Waals surface area contributed by atoms with Crippen LogP contribution in [0.1, 0.15) is 41.6 Å². The number of ether oxygens (including phenoxy) is 1. The number of aryl methyl sites for hydroxylation is 1. The van der Waals surface area contributed by atoms with Crippen molar-refractivity contribution in [2.45, 2.75) is 32.1 Å². The third-order valence-electron chi connectivity index (χ3n) is 6.33. The van der Waals surface area contributed by atoms with Gasteiger partial charge in [-0.15, -0.1) is 0 Å². The van der Waals surface area contributed by atoms with E-state index in [0.29, 0.717) is 11.7 Å². The van der Waals surface area contributed by atoms with Crippen LogP contribution in [0.4, 0.5) is 0 Å². The van der Waals surface area contributed by atoms with Crippen molar-refractivity contribution in [2.75, 3.05) is 7.11 Å². The van der Waals surface area contributed by atoms with E-state index in [1.165, 1.54) is 16.5 Å². The molecule has 1 spiro atoms. The van der Waals surface area contributed by atoms with Gasteiger partial charge < -0.3 is 4.74 Å². The predicted octanol–water partition coefficient (Wildman–Crippen LogP) is 4.70. The fourth-order valence-electron chi connectivity index (χ4n) is 5.07. The second kappa shape index (κ2) is 4.47. The van der Waals surface area contributed by atoms with Gasteiger partial charge in [-0.2, -0.15) is 0 Å². The Morgan fingerprint density at radius 3 is 2.83 bits per heavy atom. The van der Waals surface area contributed by atoms with E-state index >= 15 is 0 Å². The van der Waals surface area contributed by atoms with Crippen LogP contribution in [0, 0.1) is 11.3 Å². The fourth-order valence-corrected chi connectivity index (χ4v) is 5.07. The van der Waals surface area contributed by atoms with Gasteiger partial charge in [-0.25, -0.2) is 0 Å². The van der Waals surface area contributed by atoms with Crippen LogP contribution in [0.25, 0.3) is 10.8 Å². The molecule has 1 saturated carbocycles. The topological polar surface area (TPSA) is 26.3 Å². The molecule has 0 heterocycles. The van der Waals surface area contributed by atoms with Crippen molar-refractivity contribution in [3.8, 4) is 5.75 Å². The number of fused-ring (bicyclic) bond motifs is 5. The van der Waals surface area contributed by atoms with Crippen molar-refractivity contribution in [3.05, 3.63) is 53.1 Å². The Hall–Kier alpha value is -2.09. The lowest BCUT2D eigenvalue weighted by atomic mass is 9.63. The standard InChI is InChI=1S/C21H20O2/c1-23-18-5-3-14-9-15-6-7-21(12-13-2-4-17(21)8-13)20(22)19(15)11-16(14)10-18/h2-3,5,9-11,17H,4,6-8,12H2,1H3. The quantitative estimate of drug-likeness (QED) is 0.714. The Balaban J connectivity index is 1.65. The number of carbonyl (C=O) groups excluding carboxylic acids is 1. The number of methoxy groups -OCH3 is 1. The summed E-state index contributed by atoms with van der Waals surface area (Å²) in [6.07, 6.45) is 7.70. The molecule has 5 rings (SSSR count). The first-order valence-corrected chi connectivity index (χ1v) is 8.53. The molecule has 3 aliphatic rings. The van der Waals surface area contributed by atoms with E-state index in [2.05, 4.69) is 24.3 Å². The third-order valence-corrected chi connectivity index (χ3v) is 6.33. The molecule has 0 radical (unpaired) electrons. The van der Waals surface area contributed by atoms with Gasteiger partial charge in [-0.1, -0.05) is 23.8 Å².